The fourth-order valence-electron chi connectivity index (χ4n) is 3.80. The van der Waals surface area contributed by atoms with Crippen LogP contribution in [0.15, 0.2) is 0 Å². The van der Waals surface area contributed by atoms with Gasteiger partial charge < -0.3 is 5.32 Å². The largest absolute Gasteiger partial charge is 0.316 e. The van der Waals surface area contributed by atoms with Crippen molar-refractivity contribution in [2.75, 3.05) is 13.1 Å². The third kappa shape index (κ3) is 1.41. The van der Waals surface area contributed by atoms with E-state index in [0.29, 0.717) is 0 Å². The van der Waals surface area contributed by atoms with Gasteiger partial charge in [0.1, 0.15) is 0 Å². The van der Waals surface area contributed by atoms with Crippen LogP contribution in [0.1, 0.15) is 46.0 Å². The van der Waals surface area contributed by atoms with Crippen molar-refractivity contribution in [2.45, 2.75) is 46.0 Å². The van der Waals surface area contributed by atoms with E-state index in [1.807, 2.05) is 0 Å². The number of nitrogens with one attached hydrogen (secondary N) is 1. The molecule has 1 N–H and O–H groups in total. The zero-order valence-electron chi connectivity index (χ0n) is 9.10. The first-order chi connectivity index (χ1) is 6.29. The van der Waals surface area contributed by atoms with Gasteiger partial charge in [0.25, 0.3) is 0 Å². The Morgan fingerprint density at radius 2 is 2.23 bits per heavy atom. The molecule has 1 saturated heterocycles. The number of piperidine rings is 1. The van der Waals surface area contributed by atoms with Crippen molar-refractivity contribution in [3.63, 3.8) is 0 Å². The van der Waals surface area contributed by atoms with Gasteiger partial charge in [-0.05, 0) is 43.2 Å². The molecule has 1 heterocycles. The predicted molar refractivity (Wildman–Crippen MR) is 56.7 cm³/mol. The molecule has 1 heteroatoms. The summed E-state index contributed by atoms with van der Waals surface area (Å²) in [4.78, 5) is 0. The average Bonchev–Trinajstić information content (AvgIpc) is 2.50. The first-order valence-corrected chi connectivity index (χ1v) is 6.00. The van der Waals surface area contributed by atoms with Crippen LogP contribution < -0.4 is 5.32 Å². The first kappa shape index (κ1) is 9.51. The van der Waals surface area contributed by atoms with E-state index in [1.165, 1.54) is 45.2 Å². The molecule has 0 amide bonds. The Bertz CT molecular complexity index is 178. The van der Waals surface area contributed by atoms with Crippen LogP contribution in [0.5, 0.6) is 0 Å². The molecule has 0 aromatic rings. The normalized spacial score (nSPS) is 45.7. The maximum Gasteiger partial charge on any atom is -0.00152 e. The lowest BCUT2D eigenvalue weighted by atomic mass is 9.64. The molecule has 3 atom stereocenters. The molecule has 1 saturated carbocycles. The standard InChI is InChI=1S/C12H23N/c1-3-11-9-13-8-7-12(11)6-4-5-10(12)2/h10-11,13H,3-9H2,1-2H3. The summed E-state index contributed by atoms with van der Waals surface area (Å²) in [5, 5.41) is 3.56. The van der Waals surface area contributed by atoms with Gasteiger partial charge in [0.15, 0.2) is 0 Å². The molecule has 1 spiro atoms. The van der Waals surface area contributed by atoms with E-state index in [0.717, 1.165) is 17.3 Å². The zero-order valence-corrected chi connectivity index (χ0v) is 9.10. The lowest BCUT2D eigenvalue weighted by molar-refractivity contribution is 0.0653. The summed E-state index contributed by atoms with van der Waals surface area (Å²) in [6.45, 7) is 7.40. The smallest absolute Gasteiger partial charge is 0.00152 e. The van der Waals surface area contributed by atoms with Crippen LogP contribution in [0.4, 0.5) is 0 Å². The van der Waals surface area contributed by atoms with Crippen molar-refractivity contribution in [1.29, 1.82) is 0 Å². The van der Waals surface area contributed by atoms with Crippen molar-refractivity contribution in [3.05, 3.63) is 0 Å². The fourth-order valence-corrected chi connectivity index (χ4v) is 3.80. The zero-order chi connectivity index (χ0) is 9.31. The second-order valence-electron chi connectivity index (χ2n) is 5.09. The summed E-state index contributed by atoms with van der Waals surface area (Å²) >= 11 is 0. The van der Waals surface area contributed by atoms with Crippen molar-refractivity contribution in [2.24, 2.45) is 17.3 Å². The number of rotatable bonds is 1. The van der Waals surface area contributed by atoms with Gasteiger partial charge in [-0.1, -0.05) is 33.1 Å². The Morgan fingerprint density at radius 3 is 2.85 bits per heavy atom. The van der Waals surface area contributed by atoms with Gasteiger partial charge in [-0.2, -0.15) is 0 Å². The second kappa shape index (κ2) is 3.61. The summed E-state index contributed by atoms with van der Waals surface area (Å²) in [5.74, 6) is 1.94. The van der Waals surface area contributed by atoms with Gasteiger partial charge in [0.05, 0.1) is 0 Å². The molecule has 0 radical (unpaired) electrons. The highest BCUT2D eigenvalue weighted by atomic mass is 14.9. The summed E-state index contributed by atoms with van der Waals surface area (Å²) in [6.07, 6.45) is 7.28. The Hall–Kier alpha value is -0.0400. The van der Waals surface area contributed by atoms with Crippen molar-refractivity contribution in [3.8, 4) is 0 Å². The van der Waals surface area contributed by atoms with E-state index in [2.05, 4.69) is 19.2 Å². The quantitative estimate of drug-likeness (QED) is 0.656. The van der Waals surface area contributed by atoms with E-state index in [1.54, 1.807) is 0 Å². The Labute approximate surface area is 82.3 Å². The molecule has 1 nitrogen and oxygen atoms in total. The van der Waals surface area contributed by atoms with E-state index in [9.17, 15) is 0 Å². The van der Waals surface area contributed by atoms with E-state index in [-0.39, 0.29) is 0 Å². The number of hydrogen-bond donors (Lipinski definition) is 1. The summed E-state index contributed by atoms with van der Waals surface area (Å²) in [6, 6.07) is 0. The van der Waals surface area contributed by atoms with Crippen LogP contribution >= 0.6 is 0 Å². The summed E-state index contributed by atoms with van der Waals surface area (Å²) < 4.78 is 0. The van der Waals surface area contributed by atoms with Crippen molar-refractivity contribution in [1.82, 2.24) is 5.32 Å². The third-order valence-corrected chi connectivity index (χ3v) is 4.72. The molecule has 13 heavy (non-hydrogen) atoms. The fraction of sp³-hybridized carbons (Fsp3) is 1.00. The Morgan fingerprint density at radius 1 is 1.38 bits per heavy atom. The van der Waals surface area contributed by atoms with Crippen LogP contribution in [-0.2, 0) is 0 Å². The molecule has 76 valence electrons. The molecular formula is C12H23N. The van der Waals surface area contributed by atoms with Gasteiger partial charge in [-0.3, -0.25) is 0 Å². The minimum atomic E-state index is 0.736. The van der Waals surface area contributed by atoms with Gasteiger partial charge >= 0.3 is 0 Å². The maximum absolute atomic E-state index is 3.56. The molecule has 2 rings (SSSR count). The molecular weight excluding hydrogens is 158 g/mol. The molecule has 1 aliphatic carbocycles. The van der Waals surface area contributed by atoms with Gasteiger partial charge in [-0.25, -0.2) is 0 Å². The van der Waals surface area contributed by atoms with Gasteiger partial charge in [-0.15, -0.1) is 0 Å². The van der Waals surface area contributed by atoms with E-state index in [4.69, 9.17) is 0 Å². The van der Waals surface area contributed by atoms with E-state index >= 15 is 0 Å². The average molecular weight is 181 g/mol. The second-order valence-corrected chi connectivity index (χ2v) is 5.09. The molecule has 3 unspecified atom stereocenters. The molecule has 0 aromatic heterocycles. The molecule has 0 aromatic carbocycles. The molecule has 2 fully saturated rings. The highest BCUT2D eigenvalue weighted by Crippen LogP contribution is 2.52. The Kier molecular flexibility index (Phi) is 2.64. The topological polar surface area (TPSA) is 12.0 Å². The summed E-state index contributed by atoms with van der Waals surface area (Å²) in [7, 11) is 0. The van der Waals surface area contributed by atoms with Crippen LogP contribution in [-0.4, -0.2) is 13.1 Å². The lowest BCUT2D eigenvalue weighted by Crippen LogP contribution is -2.46. The molecule has 0 bridgehead atoms. The van der Waals surface area contributed by atoms with Gasteiger partial charge in [0.2, 0.25) is 0 Å². The SMILES string of the molecule is CCC1CNCCC12CCCC2C. The predicted octanol–water partition coefficient (Wildman–Crippen LogP) is 2.81. The lowest BCUT2D eigenvalue weighted by Gasteiger charge is -2.45. The van der Waals surface area contributed by atoms with Crippen molar-refractivity contribution < 1.29 is 0 Å². The monoisotopic (exact) mass is 181 g/mol. The maximum atomic E-state index is 3.56. The third-order valence-electron chi connectivity index (χ3n) is 4.72. The van der Waals surface area contributed by atoms with Crippen molar-refractivity contribution >= 4 is 0 Å². The van der Waals surface area contributed by atoms with Crippen LogP contribution in [0.3, 0.4) is 0 Å². The van der Waals surface area contributed by atoms with Crippen LogP contribution in [0, 0.1) is 17.3 Å². The minimum Gasteiger partial charge on any atom is -0.316 e. The van der Waals surface area contributed by atoms with Crippen LogP contribution in [0.25, 0.3) is 0 Å². The highest BCUT2D eigenvalue weighted by molar-refractivity contribution is 4.97. The van der Waals surface area contributed by atoms with Gasteiger partial charge in [0, 0.05) is 0 Å². The molecule has 2 aliphatic rings. The van der Waals surface area contributed by atoms with Crippen LogP contribution in [0.2, 0.25) is 0 Å². The summed E-state index contributed by atoms with van der Waals surface area (Å²) in [5.41, 5.74) is 0.736. The highest BCUT2D eigenvalue weighted by Gasteiger charge is 2.46. The van der Waals surface area contributed by atoms with E-state index < -0.39 is 0 Å². The minimum absolute atomic E-state index is 0.736. The number of hydrogen-bond acceptors (Lipinski definition) is 1. The Balaban J connectivity index is 2.15. The first-order valence-electron chi connectivity index (χ1n) is 6.00. The molecule has 1 aliphatic heterocycles.